The molecule has 3 heteroatoms. The predicted molar refractivity (Wildman–Crippen MR) is 84.5 cm³/mol. The Morgan fingerprint density at radius 1 is 1.05 bits per heavy atom. The van der Waals surface area contributed by atoms with E-state index in [2.05, 4.69) is 5.32 Å². The molecule has 0 bridgehead atoms. The van der Waals surface area contributed by atoms with Crippen LogP contribution in [0, 0.1) is 0 Å². The maximum absolute atomic E-state index is 11.7. The van der Waals surface area contributed by atoms with E-state index in [1.807, 2.05) is 60.7 Å². The van der Waals surface area contributed by atoms with Crippen molar-refractivity contribution in [3.63, 3.8) is 0 Å². The molecule has 0 aliphatic heterocycles. The Hall–Kier alpha value is -2.39. The van der Waals surface area contributed by atoms with E-state index >= 15 is 0 Å². The molecule has 0 aliphatic rings. The fourth-order valence-corrected chi connectivity index (χ4v) is 1.97. The molecule has 0 radical (unpaired) electrons. The average Bonchev–Trinajstić information content (AvgIpc) is 2.54. The standard InChI is InChI=1S/C18H19NO2/c20-17(16-9-5-2-6-10-16)13-14-19-18(21)12-11-15-7-3-1-4-8-15/h1-12,17,20H,13-14H2,(H,19,21). The number of nitrogens with one attached hydrogen (secondary N) is 1. The number of carbonyl (C=O) groups excluding carboxylic acids is 1. The van der Waals surface area contributed by atoms with Crippen molar-refractivity contribution in [1.29, 1.82) is 0 Å². The maximum Gasteiger partial charge on any atom is 0.244 e. The molecule has 108 valence electrons. The first kappa shape index (κ1) is 15.0. The summed E-state index contributed by atoms with van der Waals surface area (Å²) in [6, 6.07) is 19.1. The largest absolute Gasteiger partial charge is 0.388 e. The van der Waals surface area contributed by atoms with Gasteiger partial charge in [-0.3, -0.25) is 4.79 Å². The van der Waals surface area contributed by atoms with Crippen LogP contribution in [0.4, 0.5) is 0 Å². The van der Waals surface area contributed by atoms with Crippen LogP contribution in [0.25, 0.3) is 6.08 Å². The smallest absolute Gasteiger partial charge is 0.244 e. The molecule has 0 heterocycles. The van der Waals surface area contributed by atoms with Crippen LogP contribution in [0.3, 0.4) is 0 Å². The first-order valence-electron chi connectivity index (χ1n) is 6.99. The van der Waals surface area contributed by atoms with E-state index in [0.717, 1.165) is 11.1 Å². The Morgan fingerprint density at radius 3 is 2.33 bits per heavy atom. The number of carbonyl (C=O) groups is 1. The van der Waals surface area contributed by atoms with Crippen molar-refractivity contribution in [2.24, 2.45) is 0 Å². The van der Waals surface area contributed by atoms with Crippen molar-refractivity contribution in [1.82, 2.24) is 5.32 Å². The monoisotopic (exact) mass is 281 g/mol. The maximum atomic E-state index is 11.7. The molecule has 1 unspecified atom stereocenters. The summed E-state index contributed by atoms with van der Waals surface area (Å²) in [6.07, 6.45) is 3.21. The summed E-state index contributed by atoms with van der Waals surface area (Å²) in [4.78, 5) is 11.7. The summed E-state index contributed by atoms with van der Waals surface area (Å²) in [5.41, 5.74) is 1.85. The van der Waals surface area contributed by atoms with Gasteiger partial charge in [0.2, 0.25) is 5.91 Å². The first-order chi connectivity index (χ1) is 10.3. The van der Waals surface area contributed by atoms with Gasteiger partial charge in [0.05, 0.1) is 6.10 Å². The Balaban J connectivity index is 1.73. The number of amides is 1. The molecule has 2 rings (SSSR count). The normalized spacial score (nSPS) is 12.2. The van der Waals surface area contributed by atoms with Crippen LogP contribution in [0.1, 0.15) is 23.7 Å². The van der Waals surface area contributed by atoms with Crippen LogP contribution in [0.15, 0.2) is 66.7 Å². The van der Waals surface area contributed by atoms with Gasteiger partial charge in [-0.05, 0) is 23.6 Å². The molecule has 0 saturated heterocycles. The second-order valence-electron chi connectivity index (χ2n) is 4.75. The third-order valence-corrected chi connectivity index (χ3v) is 3.13. The van der Waals surface area contributed by atoms with E-state index in [9.17, 15) is 9.90 Å². The molecule has 21 heavy (non-hydrogen) atoms. The van der Waals surface area contributed by atoms with Gasteiger partial charge in [0.1, 0.15) is 0 Å². The van der Waals surface area contributed by atoms with Crippen molar-refractivity contribution < 1.29 is 9.90 Å². The van der Waals surface area contributed by atoms with E-state index in [1.165, 1.54) is 6.08 Å². The number of aliphatic hydroxyl groups is 1. The zero-order chi connectivity index (χ0) is 14.9. The van der Waals surface area contributed by atoms with Crippen LogP contribution in [-0.2, 0) is 4.79 Å². The van der Waals surface area contributed by atoms with Crippen LogP contribution < -0.4 is 5.32 Å². The summed E-state index contributed by atoms with van der Waals surface area (Å²) < 4.78 is 0. The number of benzene rings is 2. The van der Waals surface area contributed by atoms with Gasteiger partial charge in [0, 0.05) is 12.6 Å². The van der Waals surface area contributed by atoms with Gasteiger partial charge in [-0.1, -0.05) is 60.7 Å². The summed E-state index contributed by atoms with van der Waals surface area (Å²) >= 11 is 0. The fourth-order valence-electron chi connectivity index (χ4n) is 1.97. The molecule has 1 amide bonds. The molecule has 2 N–H and O–H groups in total. The second kappa shape index (κ2) is 8.02. The first-order valence-corrected chi connectivity index (χ1v) is 6.99. The van der Waals surface area contributed by atoms with Gasteiger partial charge in [-0.25, -0.2) is 0 Å². The molecule has 2 aromatic carbocycles. The summed E-state index contributed by atoms with van der Waals surface area (Å²) in [6.45, 7) is 0.439. The van der Waals surface area contributed by atoms with E-state index in [4.69, 9.17) is 0 Å². The quantitative estimate of drug-likeness (QED) is 0.800. The van der Waals surface area contributed by atoms with Crippen molar-refractivity contribution in [3.05, 3.63) is 77.9 Å². The predicted octanol–water partition coefficient (Wildman–Crippen LogP) is 2.94. The van der Waals surface area contributed by atoms with Crippen LogP contribution in [-0.4, -0.2) is 17.6 Å². The van der Waals surface area contributed by atoms with E-state index < -0.39 is 6.10 Å². The molecule has 1 atom stereocenters. The molecule has 0 saturated carbocycles. The highest BCUT2D eigenvalue weighted by molar-refractivity contribution is 5.91. The van der Waals surface area contributed by atoms with Crippen LogP contribution in [0.2, 0.25) is 0 Å². The lowest BCUT2D eigenvalue weighted by Gasteiger charge is -2.10. The Kier molecular flexibility index (Phi) is 5.73. The lowest BCUT2D eigenvalue weighted by atomic mass is 10.1. The molecule has 0 aliphatic carbocycles. The highest BCUT2D eigenvalue weighted by Crippen LogP contribution is 2.14. The topological polar surface area (TPSA) is 49.3 Å². The van der Waals surface area contributed by atoms with Gasteiger partial charge in [-0.2, -0.15) is 0 Å². The van der Waals surface area contributed by atoms with Crippen molar-refractivity contribution in [3.8, 4) is 0 Å². The molecular weight excluding hydrogens is 262 g/mol. The minimum absolute atomic E-state index is 0.154. The molecule has 2 aromatic rings. The zero-order valence-electron chi connectivity index (χ0n) is 11.8. The minimum Gasteiger partial charge on any atom is -0.388 e. The minimum atomic E-state index is -0.551. The second-order valence-corrected chi connectivity index (χ2v) is 4.75. The van der Waals surface area contributed by atoms with Gasteiger partial charge >= 0.3 is 0 Å². The summed E-state index contributed by atoms with van der Waals surface area (Å²) in [7, 11) is 0. The van der Waals surface area contributed by atoms with Crippen molar-refractivity contribution in [2.45, 2.75) is 12.5 Å². The third-order valence-electron chi connectivity index (χ3n) is 3.13. The number of hydrogen-bond acceptors (Lipinski definition) is 2. The van der Waals surface area contributed by atoms with Gasteiger partial charge in [0.25, 0.3) is 0 Å². The Bertz CT molecular complexity index is 579. The number of hydrogen-bond donors (Lipinski definition) is 2. The molecular formula is C18H19NO2. The van der Waals surface area contributed by atoms with Crippen molar-refractivity contribution >= 4 is 12.0 Å². The Labute approximate surface area is 124 Å². The molecule has 0 fully saturated rings. The van der Waals surface area contributed by atoms with E-state index in [1.54, 1.807) is 6.08 Å². The van der Waals surface area contributed by atoms with Gasteiger partial charge < -0.3 is 10.4 Å². The van der Waals surface area contributed by atoms with Gasteiger partial charge in [0.15, 0.2) is 0 Å². The van der Waals surface area contributed by atoms with Crippen LogP contribution in [0.5, 0.6) is 0 Å². The van der Waals surface area contributed by atoms with E-state index in [0.29, 0.717) is 13.0 Å². The third kappa shape index (κ3) is 5.24. The zero-order valence-corrected chi connectivity index (χ0v) is 11.8. The summed E-state index contributed by atoms with van der Waals surface area (Å²) in [5, 5.41) is 12.7. The number of aliphatic hydroxyl groups excluding tert-OH is 1. The summed E-state index contributed by atoms with van der Waals surface area (Å²) in [5.74, 6) is -0.154. The van der Waals surface area contributed by atoms with Crippen molar-refractivity contribution in [2.75, 3.05) is 6.54 Å². The highest BCUT2D eigenvalue weighted by Gasteiger charge is 2.06. The molecule has 0 spiro atoms. The number of rotatable bonds is 6. The molecule has 3 nitrogen and oxygen atoms in total. The molecule has 0 aromatic heterocycles. The highest BCUT2D eigenvalue weighted by atomic mass is 16.3. The fraction of sp³-hybridized carbons (Fsp3) is 0.167. The SMILES string of the molecule is O=C(C=Cc1ccccc1)NCCC(O)c1ccccc1. The lowest BCUT2D eigenvalue weighted by molar-refractivity contribution is -0.116. The van der Waals surface area contributed by atoms with E-state index in [-0.39, 0.29) is 5.91 Å². The Morgan fingerprint density at radius 2 is 1.67 bits per heavy atom. The average molecular weight is 281 g/mol. The lowest BCUT2D eigenvalue weighted by Crippen LogP contribution is -2.23. The van der Waals surface area contributed by atoms with Crippen LogP contribution >= 0.6 is 0 Å². The van der Waals surface area contributed by atoms with Gasteiger partial charge in [-0.15, -0.1) is 0 Å².